The SMILES string of the molecule is CCOc1cc(C=O)ccc1OC(=O)c1c(F)cccc1Cl. The first-order valence-corrected chi connectivity index (χ1v) is 6.82. The average Bonchev–Trinajstić information content (AvgIpc) is 2.49. The highest BCUT2D eigenvalue weighted by Crippen LogP contribution is 2.30. The van der Waals surface area contributed by atoms with Crippen LogP contribution >= 0.6 is 11.6 Å². The van der Waals surface area contributed by atoms with E-state index in [9.17, 15) is 14.0 Å². The number of rotatable bonds is 5. The standard InChI is InChI=1S/C16H12ClFO4/c1-2-21-14-8-10(9-19)6-7-13(14)22-16(20)15-11(17)4-3-5-12(15)18/h3-9H,2H2,1H3. The molecule has 0 unspecified atom stereocenters. The van der Waals surface area contributed by atoms with Crippen molar-refractivity contribution in [2.24, 2.45) is 0 Å². The molecular formula is C16H12ClFO4. The highest BCUT2D eigenvalue weighted by Gasteiger charge is 2.19. The lowest BCUT2D eigenvalue weighted by Crippen LogP contribution is -2.12. The third-order valence-corrected chi connectivity index (χ3v) is 3.09. The van der Waals surface area contributed by atoms with Crippen LogP contribution in [-0.4, -0.2) is 18.9 Å². The summed E-state index contributed by atoms with van der Waals surface area (Å²) in [7, 11) is 0. The van der Waals surface area contributed by atoms with Crippen molar-refractivity contribution >= 4 is 23.9 Å². The lowest BCUT2D eigenvalue weighted by molar-refractivity contribution is 0.0723. The quantitative estimate of drug-likeness (QED) is 0.476. The molecule has 0 radical (unpaired) electrons. The molecular weight excluding hydrogens is 311 g/mol. The highest BCUT2D eigenvalue weighted by molar-refractivity contribution is 6.33. The van der Waals surface area contributed by atoms with Gasteiger partial charge in [0, 0.05) is 5.56 Å². The second-order valence-electron chi connectivity index (χ2n) is 4.24. The van der Waals surface area contributed by atoms with Crippen LogP contribution in [0.15, 0.2) is 36.4 Å². The van der Waals surface area contributed by atoms with Crippen molar-refractivity contribution in [2.75, 3.05) is 6.61 Å². The molecule has 0 saturated carbocycles. The van der Waals surface area contributed by atoms with Crippen LogP contribution in [0.4, 0.5) is 4.39 Å². The number of esters is 1. The molecule has 0 bridgehead atoms. The minimum Gasteiger partial charge on any atom is -0.490 e. The zero-order valence-corrected chi connectivity index (χ0v) is 12.4. The summed E-state index contributed by atoms with van der Waals surface area (Å²) in [5, 5.41) is -0.0486. The molecule has 0 heterocycles. The van der Waals surface area contributed by atoms with E-state index in [2.05, 4.69) is 0 Å². The fourth-order valence-electron chi connectivity index (χ4n) is 1.79. The summed E-state index contributed by atoms with van der Waals surface area (Å²) in [4.78, 5) is 22.9. The molecule has 0 aromatic heterocycles. The second-order valence-corrected chi connectivity index (χ2v) is 4.65. The molecule has 0 saturated heterocycles. The van der Waals surface area contributed by atoms with Gasteiger partial charge in [-0.1, -0.05) is 17.7 Å². The van der Waals surface area contributed by atoms with Crippen LogP contribution in [0.25, 0.3) is 0 Å². The Labute approximate surface area is 131 Å². The van der Waals surface area contributed by atoms with Crippen molar-refractivity contribution in [3.63, 3.8) is 0 Å². The number of hydrogen-bond donors (Lipinski definition) is 0. The van der Waals surface area contributed by atoms with E-state index < -0.39 is 11.8 Å². The third-order valence-electron chi connectivity index (χ3n) is 2.77. The summed E-state index contributed by atoms with van der Waals surface area (Å²) in [6.07, 6.45) is 0.641. The molecule has 0 N–H and O–H groups in total. The predicted molar refractivity (Wildman–Crippen MR) is 79.4 cm³/mol. The molecule has 4 nitrogen and oxygen atoms in total. The van der Waals surface area contributed by atoms with Gasteiger partial charge in [-0.2, -0.15) is 0 Å². The topological polar surface area (TPSA) is 52.6 Å². The first-order valence-electron chi connectivity index (χ1n) is 6.45. The van der Waals surface area contributed by atoms with Gasteiger partial charge in [-0.25, -0.2) is 9.18 Å². The maximum atomic E-state index is 13.7. The fourth-order valence-corrected chi connectivity index (χ4v) is 2.03. The lowest BCUT2D eigenvalue weighted by atomic mass is 10.2. The van der Waals surface area contributed by atoms with Crippen molar-refractivity contribution < 1.29 is 23.5 Å². The summed E-state index contributed by atoms with van der Waals surface area (Å²) in [6, 6.07) is 8.19. The van der Waals surface area contributed by atoms with Gasteiger partial charge in [0.1, 0.15) is 17.7 Å². The van der Waals surface area contributed by atoms with Gasteiger partial charge in [-0.3, -0.25) is 4.79 Å². The average molecular weight is 323 g/mol. The van der Waals surface area contributed by atoms with E-state index in [4.69, 9.17) is 21.1 Å². The van der Waals surface area contributed by atoms with Crippen LogP contribution < -0.4 is 9.47 Å². The van der Waals surface area contributed by atoms with Gasteiger partial charge >= 0.3 is 5.97 Å². The van der Waals surface area contributed by atoms with Gasteiger partial charge in [0.15, 0.2) is 11.5 Å². The molecule has 0 aliphatic heterocycles. The van der Waals surface area contributed by atoms with Gasteiger partial charge < -0.3 is 9.47 Å². The molecule has 2 rings (SSSR count). The third kappa shape index (κ3) is 3.43. The van der Waals surface area contributed by atoms with E-state index in [1.807, 2.05) is 0 Å². The molecule has 6 heteroatoms. The van der Waals surface area contributed by atoms with Crippen molar-refractivity contribution in [3.8, 4) is 11.5 Å². The van der Waals surface area contributed by atoms with Crippen molar-refractivity contribution in [1.29, 1.82) is 0 Å². The first-order chi connectivity index (χ1) is 10.6. The predicted octanol–water partition coefficient (Wildman–Crippen LogP) is 3.91. The Morgan fingerprint density at radius 1 is 1.27 bits per heavy atom. The van der Waals surface area contributed by atoms with Crippen LogP contribution in [0.5, 0.6) is 11.5 Å². The second kappa shape index (κ2) is 7.04. The number of halogens is 2. The zero-order valence-electron chi connectivity index (χ0n) is 11.6. The highest BCUT2D eigenvalue weighted by atomic mass is 35.5. The molecule has 2 aromatic rings. The van der Waals surface area contributed by atoms with Gasteiger partial charge in [-0.05, 0) is 37.3 Å². The van der Waals surface area contributed by atoms with E-state index in [1.165, 1.54) is 30.3 Å². The first kappa shape index (κ1) is 16.0. The maximum absolute atomic E-state index is 13.7. The van der Waals surface area contributed by atoms with E-state index in [0.29, 0.717) is 18.5 Å². The van der Waals surface area contributed by atoms with E-state index in [-0.39, 0.29) is 22.1 Å². The Balaban J connectivity index is 2.34. The molecule has 22 heavy (non-hydrogen) atoms. The number of benzene rings is 2. The van der Waals surface area contributed by atoms with Crippen LogP contribution in [-0.2, 0) is 0 Å². The van der Waals surface area contributed by atoms with E-state index in [0.717, 1.165) is 6.07 Å². The molecule has 2 aromatic carbocycles. The van der Waals surface area contributed by atoms with Crippen LogP contribution in [0, 0.1) is 5.82 Å². The summed E-state index contributed by atoms with van der Waals surface area (Å²) in [6.45, 7) is 2.06. The Morgan fingerprint density at radius 2 is 2.05 bits per heavy atom. The Hall–Kier alpha value is -2.40. The maximum Gasteiger partial charge on any atom is 0.348 e. The van der Waals surface area contributed by atoms with Crippen molar-refractivity contribution in [3.05, 3.63) is 58.4 Å². The Morgan fingerprint density at radius 3 is 2.68 bits per heavy atom. The molecule has 0 aliphatic rings. The summed E-state index contributed by atoms with van der Waals surface area (Å²) in [5.74, 6) is -1.42. The number of hydrogen-bond acceptors (Lipinski definition) is 4. The lowest BCUT2D eigenvalue weighted by Gasteiger charge is -2.11. The number of ether oxygens (including phenoxy) is 2. The fraction of sp³-hybridized carbons (Fsp3) is 0.125. The Kier molecular flexibility index (Phi) is 5.12. The number of carbonyl (C=O) groups excluding carboxylic acids is 2. The molecule has 114 valence electrons. The summed E-state index contributed by atoms with van der Waals surface area (Å²) < 4.78 is 24.2. The minimum atomic E-state index is -0.942. The summed E-state index contributed by atoms with van der Waals surface area (Å²) in [5.41, 5.74) is 0.0123. The molecule has 0 spiro atoms. The van der Waals surface area contributed by atoms with Gasteiger partial charge in [0.2, 0.25) is 0 Å². The van der Waals surface area contributed by atoms with Gasteiger partial charge in [-0.15, -0.1) is 0 Å². The Bertz CT molecular complexity index is 695. The van der Waals surface area contributed by atoms with Crippen LogP contribution in [0.3, 0.4) is 0 Å². The normalized spacial score (nSPS) is 10.1. The largest absolute Gasteiger partial charge is 0.490 e. The molecule has 0 amide bonds. The monoisotopic (exact) mass is 322 g/mol. The molecule has 0 atom stereocenters. The molecule has 0 fully saturated rings. The van der Waals surface area contributed by atoms with Gasteiger partial charge in [0.25, 0.3) is 0 Å². The number of carbonyl (C=O) groups is 2. The van der Waals surface area contributed by atoms with Crippen molar-refractivity contribution in [2.45, 2.75) is 6.92 Å². The zero-order chi connectivity index (χ0) is 16.1. The number of aldehydes is 1. The van der Waals surface area contributed by atoms with E-state index in [1.54, 1.807) is 6.92 Å². The minimum absolute atomic E-state index is 0.0486. The molecule has 0 aliphatic carbocycles. The summed E-state index contributed by atoms with van der Waals surface area (Å²) >= 11 is 5.82. The van der Waals surface area contributed by atoms with Crippen LogP contribution in [0.1, 0.15) is 27.6 Å². The van der Waals surface area contributed by atoms with Crippen LogP contribution in [0.2, 0.25) is 5.02 Å². The van der Waals surface area contributed by atoms with E-state index >= 15 is 0 Å². The smallest absolute Gasteiger partial charge is 0.348 e. The van der Waals surface area contributed by atoms with Crippen molar-refractivity contribution in [1.82, 2.24) is 0 Å². The van der Waals surface area contributed by atoms with Gasteiger partial charge in [0.05, 0.1) is 11.6 Å².